The van der Waals surface area contributed by atoms with E-state index in [0.29, 0.717) is 5.75 Å². The maximum Gasteiger partial charge on any atom is 0.482 e. The third kappa shape index (κ3) is 2.22. The Hall–Kier alpha value is -1.01. The first kappa shape index (κ1) is 13.1. The molecule has 0 heterocycles. The molecule has 0 fully saturated rings. The summed E-state index contributed by atoms with van der Waals surface area (Å²) in [4.78, 5) is 0.127. The van der Waals surface area contributed by atoms with Crippen molar-refractivity contribution < 1.29 is 17.4 Å². The molecule has 88 valence electrons. The number of sulfone groups is 1. The number of ether oxygens (including phenoxy) is 1. The van der Waals surface area contributed by atoms with Gasteiger partial charge in [0.25, 0.3) is 0 Å². The molecule has 0 aliphatic heterocycles. The summed E-state index contributed by atoms with van der Waals surface area (Å²) in [6.45, 7) is 2.79. The first-order valence-corrected chi connectivity index (χ1v) is 6.77. The summed E-state index contributed by atoms with van der Waals surface area (Å²) in [6.07, 6.45) is 0. The van der Waals surface area contributed by atoms with Gasteiger partial charge in [0.05, 0.1) is 12.0 Å². The lowest BCUT2D eigenvalue weighted by Gasteiger charge is -2.08. The van der Waals surface area contributed by atoms with Crippen LogP contribution in [0.2, 0.25) is 0 Å². The van der Waals surface area contributed by atoms with Crippen LogP contribution in [0.3, 0.4) is 0 Å². The number of methoxy groups -OCH3 is 1. The molecule has 0 N–H and O–H groups in total. The van der Waals surface area contributed by atoms with E-state index >= 15 is 0 Å². The highest BCUT2D eigenvalue weighted by molar-refractivity contribution is 8.02. The van der Waals surface area contributed by atoms with Gasteiger partial charge in [-0.2, -0.15) is 0 Å². The molecule has 0 aliphatic carbocycles. The summed E-state index contributed by atoms with van der Waals surface area (Å²) in [5.74, 6) is 0.575. The van der Waals surface area contributed by atoms with Crippen molar-refractivity contribution in [1.82, 2.24) is 0 Å². The van der Waals surface area contributed by atoms with Gasteiger partial charge >= 0.3 is 15.7 Å². The van der Waals surface area contributed by atoms with Crippen molar-refractivity contribution in [2.75, 3.05) is 7.11 Å². The SMILES string of the molecule is COc1ccc(S(=O)(=O)C(C)(C)[S+]=O)cc1. The van der Waals surface area contributed by atoms with Crippen molar-refractivity contribution in [2.24, 2.45) is 0 Å². The Morgan fingerprint density at radius 1 is 1.19 bits per heavy atom. The Bertz CT molecular complexity index is 474. The Kier molecular flexibility index (Phi) is 3.64. The van der Waals surface area contributed by atoms with Crippen molar-refractivity contribution in [3.63, 3.8) is 0 Å². The molecule has 1 rings (SSSR count). The number of hydrogen-bond acceptors (Lipinski definition) is 4. The first-order chi connectivity index (χ1) is 7.35. The maximum atomic E-state index is 12.0. The van der Waals surface area contributed by atoms with E-state index < -0.39 is 13.9 Å². The third-order valence-electron chi connectivity index (χ3n) is 2.22. The fraction of sp³-hybridized carbons (Fsp3) is 0.400. The molecule has 0 aliphatic rings. The van der Waals surface area contributed by atoms with Gasteiger partial charge in [0.15, 0.2) is 0 Å². The van der Waals surface area contributed by atoms with Crippen molar-refractivity contribution >= 4 is 21.5 Å². The number of rotatable bonds is 4. The van der Waals surface area contributed by atoms with Crippen LogP contribution in [-0.4, -0.2) is 19.6 Å². The van der Waals surface area contributed by atoms with Crippen LogP contribution in [0.15, 0.2) is 29.2 Å². The van der Waals surface area contributed by atoms with Crippen molar-refractivity contribution in [3.8, 4) is 5.75 Å². The molecule has 0 saturated heterocycles. The molecular formula is C10H13O4S2+. The van der Waals surface area contributed by atoms with Gasteiger partial charge in [-0.1, -0.05) is 0 Å². The van der Waals surface area contributed by atoms with Gasteiger partial charge in [0, 0.05) is 18.1 Å². The van der Waals surface area contributed by atoms with E-state index in [2.05, 4.69) is 0 Å². The second-order valence-electron chi connectivity index (χ2n) is 3.66. The van der Waals surface area contributed by atoms with Crippen molar-refractivity contribution in [3.05, 3.63) is 24.3 Å². The molecule has 16 heavy (non-hydrogen) atoms. The Balaban J connectivity index is 3.23. The minimum atomic E-state index is -3.62. The summed E-state index contributed by atoms with van der Waals surface area (Å²) in [5, 5.41) is 0. The van der Waals surface area contributed by atoms with Gasteiger partial charge in [-0.3, -0.25) is 0 Å². The zero-order valence-electron chi connectivity index (χ0n) is 9.26. The zero-order valence-corrected chi connectivity index (χ0v) is 10.9. The smallest absolute Gasteiger partial charge is 0.482 e. The maximum absolute atomic E-state index is 12.0. The van der Waals surface area contributed by atoms with E-state index in [0.717, 1.165) is 0 Å². The van der Waals surface area contributed by atoms with E-state index in [9.17, 15) is 12.6 Å². The van der Waals surface area contributed by atoms with Crippen LogP contribution in [0, 0.1) is 0 Å². The molecule has 0 radical (unpaired) electrons. The largest absolute Gasteiger partial charge is 0.497 e. The normalized spacial score (nSPS) is 12.2. The van der Waals surface area contributed by atoms with Crippen LogP contribution in [0.5, 0.6) is 5.75 Å². The highest BCUT2D eigenvalue weighted by Gasteiger charge is 2.48. The van der Waals surface area contributed by atoms with Crippen molar-refractivity contribution in [1.29, 1.82) is 0 Å². The van der Waals surface area contributed by atoms with Crippen LogP contribution in [0.4, 0.5) is 0 Å². The topological polar surface area (TPSA) is 60.4 Å². The zero-order chi connectivity index (χ0) is 12.4. The minimum Gasteiger partial charge on any atom is -0.497 e. The third-order valence-corrected chi connectivity index (χ3v) is 5.67. The van der Waals surface area contributed by atoms with Crippen LogP contribution in [0.25, 0.3) is 0 Å². The lowest BCUT2D eigenvalue weighted by atomic mass is 10.3. The van der Waals surface area contributed by atoms with Crippen LogP contribution in [-0.2, 0) is 25.7 Å². The fourth-order valence-electron chi connectivity index (χ4n) is 1.08. The minimum absolute atomic E-state index is 0.0696. The first-order valence-electron chi connectivity index (χ1n) is 4.55. The average molecular weight is 261 g/mol. The fourth-order valence-corrected chi connectivity index (χ4v) is 2.79. The summed E-state index contributed by atoms with van der Waals surface area (Å²) < 4.78 is 38.4. The molecule has 0 atom stereocenters. The van der Waals surface area contributed by atoms with Gasteiger partial charge in [0.2, 0.25) is 9.84 Å². The Morgan fingerprint density at radius 3 is 2.06 bits per heavy atom. The molecule has 0 amide bonds. The van der Waals surface area contributed by atoms with Gasteiger partial charge in [0.1, 0.15) is 5.75 Å². The predicted octanol–water partition coefficient (Wildman–Crippen LogP) is 1.63. The quantitative estimate of drug-likeness (QED) is 0.773. The molecule has 0 spiro atoms. The summed E-state index contributed by atoms with van der Waals surface area (Å²) in [6, 6.07) is 5.98. The molecule has 6 heteroatoms. The van der Waals surface area contributed by atoms with Crippen molar-refractivity contribution in [2.45, 2.75) is 22.8 Å². The number of hydrogen-bond donors (Lipinski definition) is 0. The van der Waals surface area contributed by atoms with E-state index in [-0.39, 0.29) is 16.6 Å². The molecule has 1 aromatic carbocycles. The van der Waals surface area contributed by atoms with E-state index in [1.165, 1.54) is 33.1 Å². The van der Waals surface area contributed by atoms with Gasteiger partial charge in [-0.25, -0.2) is 8.42 Å². The van der Waals surface area contributed by atoms with Crippen LogP contribution < -0.4 is 4.74 Å². The van der Waals surface area contributed by atoms with Gasteiger partial charge in [-0.05, 0) is 24.3 Å². The Labute approximate surface area is 99.0 Å². The standard InChI is InChI=1S/C10H13O4S2/c1-10(2,15-11)16(12,13)9-6-4-8(14-3)5-7-9/h4-7H,1-3H3/q+1. The monoisotopic (exact) mass is 261 g/mol. The van der Waals surface area contributed by atoms with Crippen LogP contribution in [0.1, 0.15) is 13.8 Å². The molecular weight excluding hydrogens is 248 g/mol. The molecule has 1 aromatic rings. The number of benzene rings is 1. The molecule has 4 nitrogen and oxygen atoms in total. The lowest BCUT2D eigenvalue weighted by Crippen LogP contribution is -2.30. The summed E-state index contributed by atoms with van der Waals surface area (Å²) in [7, 11) is -2.12. The van der Waals surface area contributed by atoms with Crippen LogP contribution >= 0.6 is 0 Å². The van der Waals surface area contributed by atoms with Gasteiger partial charge < -0.3 is 4.74 Å². The Morgan fingerprint density at radius 2 is 1.69 bits per heavy atom. The van der Waals surface area contributed by atoms with E-state index in [1.54, 1.807) is 12.1 Å². The lowest BCUT2D eigenvalue weighted by molar-refractivity contribution is 0.414. The van der Waals surface area contributed by atoms with Gasteiger partial charge in [-0.15, -0.1) is 0 Å². The highest BCUT2D eigenvalue weighted by atomic mass is 32.3. The molecule has 0 aromatic heterocycles. The summed E-state index contributed by atoms with van der Waals surface area (Å²) in [5.41, 5.74) is 0. The van der Waals surface area contributed by atoms with E-state index in [1.807, 2.05) is 0 Å². The second-order valence-corrected chi connectivity index (χ2v) is 7.61. The molecule has 0 bridgehead atoms. The second kappa shape index (κ2) is 4.47. The highest BCUT2D eigenvalue weighted by Crippen LogP contribution is 2.26. The van der Waals surface area contributed by atoms with E-state index in [4.69, 9.17) is 4.74 Å². The molecule has 0 unspecified atom stereocenters. The predicted molar refractivity (Wildman–Crippen MR) is 62.3 cm³/mol. The average Bonchev–Trinajstić information content (AvgIpc) is 2.29. The summed E-state index contributed by atoms with van der Waals surface area (Å²) >= 11 is 0.0696. The molecule has 0 saturated carbocycles.